The normalized spacial score (nSPS) is 12.1. The molecule has 0 spiro atoms. The van der Waals surface area contributed by atoms with E-state index in [1.165, 1.54) is 6.39 Å². The van der Waals surface area contributed by atoms with E-state index in [1.54, 1.807) is 55.8 Å². The second-order valence-corrected chi connectivity index (χ2v) is 9.81. The molecule has 0 bridgehead atoms. The first-order valence-corrected chi connectivity index (χ1v) is 12.6. The van der Waals surface area contributed by atoms with Gasteiger partial charge in [-0.2, -0.15) is 0 Å². The number of oxazole rings is 1. The Morgan fingerprint density at radius 2 is 1.58 bits per heavy atom. The summed E-state index contributed by atoms with van der Waals surface area (Å²) in [5, 5.41) is 8.31. The number of anilines is 3. The van der Waals surface area contributed by atoms with Gasteiger partial charge in [-0.05, 0) is 49.5 Å². The Hall–Kier alpha value is -4.05. The Balaban J connectivity index is 1.56. The van der Waals surface area contributed by atoms with Crippen LogP contribution in [0, 0.1) is 5.41 Å². The number of hydrogen-bond acceptors (Lipinski definition) is 7. The van der Waals surface area contributed by atoms with Crippen molar-refractivity contribution in [2.24, 2.45) is 5.41 Å². The maximum atomic E-state index is 12.6. The van der Waals surface area contributed by atoms with Crippen LogP contribution in [0.2, 0.25) is 0 Å². The minimum Gasteiger partial charge on any atom is -0.496 e. The van der Waals surface area contributed by atoms with Crippen LogP contribution in [0.4, 0.5) is 26.7 Å². The largest absolute Gasteiger partial charge is 0.496 e. The smallest absolute Gasteiger partial charge is 0.411 e. The summed E-state index contributed by atoms with van der Waals surface area (Å²) in [5.74, 6) is 1.10. The highest BCUT2D eigenvalue weighted by molar-refractivity contribution is 6.00. The lowest BCUT2D eigenvalue weighted by molar-refractivity contribution is 0.0158. The standard InChI is InChI=1S/C28H37N5O5/c1-7-33(8-2)17-25(28(3,4)5)38-27(35)32-20-11-9-19(10-12-20)30-26(34)31-21-13-14-22(23(15-21)36-6)24-16-29-18-37-24/h9-16,18,25H,7-8,17H2,1-6H3,(H,32,35)(H2,30,31,34). The molecule has 204 valence electrons. The number of urea groups is 1. The molecule has 3 N–H and O–H groups in total. The van der Waals surface area contributed by atoms with Crippen LogP contribution < -0.4 is 20.7 Å². The summed E-state index contributed by atoms with van der Waals surface area (Å²) < 4.78 is 16.5. The quantitative estimate of drug-likeness (QED) is 0.285. The summed E-state index contributed by atoms with van der Waals surface area (Å²) in [5.41, 5.74) is 2.17. The number of nitrogens with zero attached hydrogens (tertiary/aromatic N) is 2. The molecule has 0 aliphatic rings. The Bertz CT molecular complexity index is 1190. The van der Waals surface area contributed by atoms with Crippen LogP contribution in [0.15, 0.2) is 59.5 Å². The van der Waals surface area contributed by atoms with Crippen molar-refractivity contribution in [2.45, 2.75) is 40.7 Å². The van der Waals surface area contributed by atoms with Crippen molar-refractivity contribution in [3.05, 3.63) is 55.1 Å². The average molecular weight is 524 g/mol. The number of carbonyl (C=O) groups is 2. The molecule has 1 atom stereocenters. The molecule has 0 saturated heterocycles. The lowest BCUT2D eigenvalue weighted by atomic mass is 9.88. The van der Waals surface area contributed by atoms with E-state index in [4.69, 9.17) is 13.9 Å². The topological polar surface area (TPSA) is 118 Å². The average Bonchev–Trinajstić information content (AvgIpc) is 3.41. The maximum Gasteiger partial charge on any atom is 0.411 e. The van der Waals surface area contributed by atoms with Crippen molar-refractivity contribution in [3.8, 4) is 17.1 Å². The molecule has 1 heterocycles. The first-order chi connectivity index (χ1) is 18.1. The first kappa shape index (κ1) is 28.5. The number of amides is 3. The summed E-state index contributed by atoms with van der Waals surface area (Å²) in [6.07, 6.45) is 2.15. The zero-order valence-electron chi connectivity index (χ0n) is 22.8. The fourth-order valence-electron chi connectivity index (χ4n) is 3.73. The number of benzene rings is 2. The fraction of sp³-hybridized carbons (Fsp3) is 0.393. The number of rotatable bonds is 10. The van der Waals surface area contributed by atoms with E-state index >= 15 is 0 Å². The van der Waals surface area contributed by atoms with E-state index in [0.717, 1.165) is 18.7 Å². The molecule has 3 amide bonds. The molecular formula is C28H37N5O5. The molecule has 3 aromatic rings. The lowest BCUT2D eigenvalue weighted by Crippen LogP contribution is -2.43. The van der Waals surface area contributed by atoms with Gasteiger partial charge in [-0.25, -0.2) is 14.6 Å². The third-order valence-corrected chi connectivity index (χ3v) is 6.08. The van der Waals surface area contributed by atoms with Gasteiger partial charge in [0.1, 0.15) is 11.9 Å². The fourth-order valence-corrected chi connectivity index (χ4v) is 3.73. The monoisotopic (exact) mass is 523 g/mol. The molecule has 0 aliphatic carbocycles. The highest BCUT2D eigenvalue weighted by Gasteiger charge is 2.29. The third kappa shape index (κ3) is 7.97. The molecule has 0 radical (unpaired) electrons. The van der Waals surface area contributed by atoms with Crippen LogP contribution in [0.3, 0.4) is 0 Å². The van der Waals surface area contributed by atoms with Gasteiger partial charge in [0.25, 0.3) is 0 Å². The highest BCUT2D eigenvalue weighted by Crippen LogP contribution is 2.32. The lowest BCUT2D eigenvalue weighted by Gasteiger charge is -2.34. The Labute approximate surface area is 223 Å². The number of ether oxygens (including phenoxy) is 2. The number of nitrogens with one attached hydrogen (secondary N) is 3. The second kappa shape index (κ2) is 13.0. The van der Waals surface area contributed by atoms with Gasteiger partial charge < -0.3 is 29.4 Å². The molecule has 0 saturated carbocycles. The molecule has 0 aliphatic heterocycles. The predicted octanol–water partition coefficient (Wildman–Crippen LogP) is 6.30. The second-order valence-electron chi connectivity index (χ2n) is 9.81. The Morgan fingerprint density at radius 1 is 0.974 bits per heavy atom. The summed E-state index contributed by atoms with van der Waals surface area (Å²) in [7, 11) is 1.54. The van der Waals surface area contributed by atoms with E-state index in [2.05, 4.69) is 60.5 Å². The number of methoxy groups -OCH3 is 1. The summed E-state index contributed by atoms with van der Waals surface area (Å²) in [6, 6.07) is 11.6. The van der Waals surface area contributed by atoms with Crippen molar-refractivity contribution in [1.82, 2.24) is 9.88 Å². The van der Waals surface area contributed by atoms with E-state index in [0.29, 0.717) is 35.1 Å². The van der Waals surface area contributed by atoms with E-state index in [9.17, 15) is 9.59 Å². The van der Waals surface area contributed by atoms with Gasteiger partial charge in [-0.15, -0.1) is 0 Å². The molecule has 1 unspecified atom stereocenters. The van der Waals surface area contributed by atoms with Crippen LogP contribution in [-0.2, 0) is 4.74 Å². The van der Waals surface area contributed by atoms with Crippen molar-refractivity contribution < 1.29 is 23.5 Å². The van der Waals surface area contributed by atoms with Crippen LogP contribution in [-0.4, -0.2) is 54.9 Å². The van der Waals surface area contributed by atoms with Crippen molar-refractivity contribution in [1.29, 1.82) is 0 Å². The van der Waals surface area contributed by atoms with E-state index in [1.807, 2.05) is 0 Å². The Kier molecular flexibility index (Phi) is 9.72. The number of hydrogen-bond donors (Lipinski definition) is 3. The van der Waals surface area contributed by atoms with Crippen LogP contribution >= 0.6 is 0 Å². The SMILES string of the molecule is CCN(CC)CC(OC(=O)Nc1ccc(NC(=O)Nc2ccc(-c3cnco3)c(OC)c2)cc1)C(C)(C)C. The Morgan fingerprint density at radius 3 is 2.13 bits per heavy atom. The maximum absolute atomic E-state index is 12.6. The molecule has 2 aromatic carbocycles. The van der Waals surface area contributed by atoms with Gasteiger partial charge in [-0.1, -0.05) is 34.6 Å². The van der Waals surface area contributed by atoms with Gasteiger partial charge in [0.2, 0.25) is 0 Å². The summed E-state index contributed by atoms with van der Waals surface area (Å²) in [4.78, 5) is 31.3. The number of likely N-dealkylation sites (N-methyl/N-ethyl adjacent to an activating group) is 1. The molecule has 10 nitrogen and oxygen atoms in total. The molecule has 10 heteroatoms. The number of carbonyl (C=O) groups excluding carboxylic acids is 2. The van der Waals surface area contributed by atoms with Gasteiger partial charge in [0.05, 0.1) is 18.9 Å². The molecule has 1 aromatic heterocycles. The zero-order valence-corrected chi connectivity index (χ0v) is 22.8. The van der Waals surface area contributed by atoms with Gasteiger partial charge in [-0.3, -0.25) is 5.32 Å². The summed E-state index contributed by atoms with van der Waals surface area (Å²) >= 11 is 0. The van der Waals surface area contributed by atoms with Crippen LogP contribution in [0.25, 0.3) is 11.3 Å². The van der Waals surface area contributed by atoms with Gasteiger partial charge in [0.15, 0.2) is 12.2 Å². The van der Waals surface area contributed by atoms with Crippen molar-refractivity contribution in [3.63, 3.8) is 0 Å². The van der Waals surface area contributed by atoms with E-state index in [-0.39, 0.29) is 11.5 Å². The zero-order chi connectivity index (χ0) is 27.7. The van der Waals surface area contributed by atoms with Crippen molar-refractivity contribution in [2.75, 3.05) is 42.7 Å². The van der Waals surface area contributed by atoms with Crippen molar-refractivity contribution >= 4 is 29.2 Å². The molecule has 0 fully saturated rings. The van der Waals surface area contributed by atoms with Crippen LogP contribution in [0.1, 0.15) is 34.6 Å². The highest BCUT2D eigenvalue weighted by atomic mass is 16.6. The minimum atomic E-state index is -0.516. The van der Waals surface area contributed by atoms with Gasteiger partial charge in [0, 0.05) is 35.1 Å². The molecule has 3 rings (SSSR count). The first-order valence-electron chi connectivity index (χ1n) is 12.6. The molecular weight excluding hydrogens is 486 g/mol. The van der Waals surface area contributed by atoms with Gasteiger partial charge >= 0.3 is 12.1 Å². The van der Waals surface area contributed by atoms with Crippen LogP contribution in [0.5, 0.6) is 5.75 Å². The number of aromatic nitrogens is 1. The minimum absolute atomic E-state index is 0.207. The summed E-state index contributed by atoms with van der Waals surface area (Å²) in [6.45, 7) is 12.8. The third-order valence-electron chi connectivity index (χ3n) is 6.08. The predicted molar refractivity (Wildman–Crippen MR) is 149 cm³/mol. The van der Waals surface area contributed by atoms with E-state index < -0.39 is 12.1 Å². The molecule has 38 heavy (non-hydrogen) atoms.